The van der Waals surface area contributed by atoms with E-state index in [1.807, 2.05) is 43.3 Å². The van der Waals surface area contributed by atoms with E-state index >= 15 is 0 Å². The van der Waals surface area contributed by atoms with E-state index in [4.69, 9.17) is 4.74 Å². The number of aryl methyl sites for hydroxylation is 1. The van der Waals surface area contributed by atoms with Gasteiger partial charge in [-0.15, -0.1) is 0 Å². The van der Waals surface area contributed by atoms with Crippen molar-refractivity contribution in [2.45, 2.75) is 108 Å². The molecule has 0 bridgehead atoms. The van der Waals surface area contributed by atoms with Gasteiger partial charge in [0.1, 0.15) is 12.4 Å². The zero-order valence-electron chi connectivity index (χ0n) is 31.0. The van der Waals surface area contributed by atoms with Crippen LogP contribution in [0, 0.1) is 0 Å². The van der Waals surface area contributed by atoms with Crippen LogP contribution in [0.5, 0.6) is 5.75 Å². The minimum Gasteiger partial charge on any atom is -0.491 e. The third-order valence-electron chi connectivity index (χ3n) is 9.39. The maximum atomic E-state index is 13.5. The number of hydrogen-bond donors (Lipinski definition) is 2. The molecule has 0 saturated carbocycles. The highest BCUT2D eigenvalue weighted by Crippen LogP contribution is 2.33. The zero-order chi connectivity index (χ0) is 36.6. The minimum atomic E-state index is -3.67. The predicted molar refractivity (Wildman–Crippen MR) is 205 cm³/mol. The van der Waals surface area contributed by atoms with E-state index in [0.717, 1.165) is 29.1 Å². The maximum Gasteiger partial charge on any atom is 0.206 e. The molecule has 0 amide bonds. The number of sulfone groups is 1. The van der Waals surface area contributed by atoms with Crippen LogP contribution in [0.4, 0.5) is 11.4 Å². The largest absolute Gasteiger partial charge is 0.491 e. The smallest absolute Gasteiger partial charge is 0.206 e. The fourth-order valence-corrected chi connectivity index (χ4v) is 7.76. The van der Waals surface area contributed by atoms with Crippen LogP contribution in [0.1, 0.15) is 78.5 Å². The summed E-state index contributed by atoms with van der Waals surface area (Å²) in [6, 6.07) is 31.3. The molecule has 4 aromatic carbocycles. The molecule has 0 aliphatic carbocycles. The lowest BCUT2D eigenvalue weighted by Crippen LogP contribution is -2.36. The van der Waals surface area contributed by atoms with Gasteiger partial charge in [0.05, 0.1) is 22.0 Å². The summed E-state index contributed by atoms with van der Waals surface area (Å²) in [5, 5.41) is 20.5. The van der Waals surface area contributed by atoms with E-state index < -0.39 is 22.0 Å². The number of aliphatic hydroxyl groups excluding tert-OH is 2. The first-order valence-corrected chi connectivity index (χ1v) is 19.3. The Kier molecular flexibility index (Phi) is 13.2. The Bertz CT molecular complexity index is 1720. The monoisotopic (exact) mass is 700 g/mol. The van der Waals surface area contributed by atoms with Gasteiger partial charge in [0.15, 0.2) is 0 Å². The molecule has 0 aliphatic heterocycles. The van der Waals surface area contributed by atoms with Crippen molar-refractivity contribution in [2.24, 2.45) is 0 Å². The Morgan fingerprint density at radius 3 is 1.64 bits per heavy atom. The Hall–Kier alpha value is -3.85. The van der Waals surface area contributed by atoms with Crippen LogP contribution in [0.2, 0.25) is 0 Å². The molecule has 7 nitrogen and oxygen atoms in total. The maximum absolute atomic E-state index is 13.5. The van der Waals surface area contributed by atoms with Gasteiger partial charge in [0, 0.05) is 42.0 Å². The summed E-state index contributed by atoms with van der Waals surface area (Å²) in [4.78, 5) is 4.86. The van der Waals surface area contributed by atoms with Gasteiger partial charge in [-0.3, -0.25) is 0 Å². The number of hydrogen-bond acceptors (Lipinski definition) is 7. The van der Waals surface area contributed by atoms with Crippen molar-refractivity contribution < 1.29 is 23.4 Å². The number of ether oxygens (including phenoxy) is 1. The first kappa shape index (κ1) is 38.9. The predicted octanol–water partition coefficient (Wildman–Crippen LogP) is 8.05. The molecule has 50 heavy (non-hydrogen) atoms. The molecule has 2 unspecified atom stereocenters. The number of benzene rings is 4. The molecule has 4 aromatic rings. The minimum absolute atomic E-state index is 0.204. The Morgan fingerprint density at radius 1 is 0.700 bits per heavy atom. The van der Waals surface area contributed by atoms with E-state index in [1.165, 1.54) is 11.1 Å². The van der Waals surface area contributed by atoms with Crippen molar-refractivity contribution in [3.05, 3.63) is 114 Å². The average molecular weight is 701 g/mol. The highest BCUT2D eigenvalue weighted by Gasteiger charge is 2.24. The van der Waals surface area contributed by atoms with Crippen LogP contribution in [0.3, 0.4) is 0 Å². The highest BCUT2D eigenvalue weighted by atomic mass is 32.2. The van der Waals surface area contributed by atoms with Gasteiger partial charge >= 0.3 is 0 Å². The van der Waals surface area contributed by atoms with Gasteiger partial charge in [-0.05, 0) is 132 Å². The van der Waals surface area contributed by atoms with E-state index in [9.17, 15) is 18.6 Å². The number of aliphatic hydroxyl groups is 2. The van der Waals surface area contributed by atoms with E-state index in [0.29, 0.717) is 31.6 Å². The molecule has 270 valence electrons. The van der Waals surface area contributed by atoms with Crippen molar-refractivity contribution in [3.63, 3.8) is 0 Å². The molecular weight excluding hydrogens is 645 g/mol. The van der Waals surface area contributed by atoms with Gasteiger partial charge in [0.25, 0.3) is 0 Å². The molecule has 0 saturated heterocycles. The second kappa shape index (κ2) is 16.9. The Morgan fingerprint density at radius 2 is 1.18 bits per heavy atom. The molecule has 0 aromatic heterocycles. The first-order valence-electron chi connectivity index (χ1n) is 17.8. The van der Waals surface area contributed by atoms with Crippen LogP contribution in [-0.2, 0) is 21.7 Å². The van der Waals surface area contributed by atoms with Crippen LogP contribution in [0.15, 0.2) is 107 Å². The Labute approximate surface area is 300 Å². The summed E-state index contributed by atoms with van der Waals surface area (Å²) in [5.74, 6) is 0.739. The van der Waals surface area contributed by atoms with Gasteiger partial charge in [-0.2, -0.15) is 0 Å². The average Bonchev–Trinajstić information content (AvgIpc) is 3.09. The number of rotatable bonds is 17. The summed E-state index contributed by atoms with van der Waals surface area (Å²) >= 11 is 0. The van der Waals surface area contributed by atoms with Gasteiger partial charge in [-0.25, -0.2) is 8.42 Å². The molecular formula is C42H56N2O5S. The number of likely N-dealkylation sites (N-methyl/N-ethyl adjacent to an activating group) is 1. The van der Waals surface area contributed by atoms with Crippen molar-refractivity contribution >= 4 is 21.2 Å². The molecule has 8 heteroatoms. The summed E-state index contributed by atoms with van der Waals surface area (Å²) in [6.45, 7) is 18.1. The van der Waals surface area contributed by atoms with Crippen molar-refractivity contribution in [1.82, 2.24) is 0 Å². The third-order valence-corrected chi connectivity index (χ3v) is 11.2. The third kappa shape index (κ3) is 9.68. The summed E-state index contributed by atoms with van der Waals surface area (Å²) in [5.41, 5.74) is 5.20. The fourth-order valence-electron chi connectivity index (χ4n) is 6.50. The second-order valence-electron chi connectivity index (χ2n) is 14.3. The van der Waals surface area contributed by atoms with Crippen molar-refractivity contribution in [3.8, 4) is 5.75 Å². The standard InChI is InChI=1S/C42H56N2O5S/c1-9-43(36-17-24-40(25-18-36)50(47,48)41-26-19-37(20-27-41)44(30(2)3)31(4)5)28-38(46)21-12-33-10-13-34(14-11-33)42(7,8)35-15-22-39(23-16-35)49-29-32(6)45/h10-11,13-20,22-27,30-32,38,45-46H,9,12,21,28-29H2,1-8H3. The summed E-state index contributed by atoms with van der Waals surface area (Å²) in [7, 11) is -3.67. The second-order valence-corrected chi connectivity index (χ2v) is 16.3. The van der Waals surface area contributed by atoms with Crippen LogP contribution in [0.25, 0.3) is 0 Å². The molecule has 2 N–H and O–H groups in total. The molecule has 0 heterocycles. The highest BCUT2D eigenvalue weighted by molar-refractivity contribution is 7.91. The van der Waals surface area contributed by atoms with E-state index in [1.54, 1.807) is 31.2 Å². The topological polar surface area (TPSA) is 90.3 Å². The Balaban J connectivity index is 1.34. The van der Waals surface area contributed by atoms with Crippen molar-refractivity contribution in [1.29, 1.82) is 0 Å². The zero-order valence-corrected chi connectivity index (χ0v) is 31.8. The summed E-state index contributed by atoms with van der Waals surface area (Å²) in [6.07, 6.45) is 0.305. The molecule has 2 atom stereocenters. The quantitative estimate of drug-likeness (QED) is 0.115. The first-order chi connectivity index (χ1) is 23.6. The van der Waals surface area contributed by atoms with Gasteiger partial charge < -0.3 is 24.7 Å². The number of nitrogens with zero attached hydrogens (tertiary/aromatic N) is 2. The van der Waals surface area contributed by atoms with E-state index in [2.05, 4.69) is 87.7 Å². The lowest BCUT2D eigenvalue weighted by molar-refractivity contribution is 0.122. The number of anilines is 2. The van der Waals surface area contributed by atoms with Crippen LogP contribution < -0.4 is 14.5 Å². The summed E-state index contributed by atoms with van der Waals surface area (Å²) < 4.78 is 32.5. The molecule has 0 fully saturated rings. The normalized spacial score (nSPS) is 13.4. The van der Waals surface area contributed by atoms with Crippen LogP contribution >= 0.6 is 0 Å². The molecule has 4 rings (SSSR count). The molecule has 0 aliphatic rings. The van der Waals surface area contributed by atoms with Crippen molar-refractivity contribution in [2.75, 3.05) is 29.5 Å². The molecule has 0 spiro atoms. The lowest BCUT2D eigenvalue weighted by atomic mass is 9.78. The van der Waals surface area contributed by atoms with Gasteiger partial charge in [0.2, 0.25) is 9.84 Å². The van der Waals surface area contributed by atoms with E-state index in [-0.39, 0.29) is 21.8 Å². The fraction of sp³-hybridized carbons (Fsp3) is 0.429. The SMILES string of the molecule is CCN(CC(O)CCc1ccc(C(C)(C)c2ccc(OCC(C)O)cc2)cc1)c1ccc(S(=O)(=O)c2ccc(N(C(C)C)C(C)C)cc2)cc1. The lowest BCUT2D eigenvalue weighted by Gasteiger charge is -2.33. The van der Waals surface area contributed by atoms with Crippen LogP contribution in [-0.4, -0.2) is 62.6 Å². The molecule has 0 radical (unpaired) electrons. The van der Waals surface area contributed by atoms with Gasteiger partial charge in [-0.1, -0.05) is 50.2 Å².